The predicted molar refractivity (Wildman–Crippen MR) is 39.3 cm³/mol. The first-order valence-corrected chi connectivity index (χ1v) is 3.43. The molecule has 0 aliphatic rings. The Morgan fingerprint density at radius 1 is 1.62 bits per heavy atom. The summed E-state index contributed by atoms with van der Waals surface area (Å²) in [6, 6.07) is 0. The summed E-state index contributed by atoms with van der Waals surface area (Å²) in [5, 5.41) is 0. The van der Waals surface area contributed by atoms with Gasteiger partial charge in [0.25, 0.3) is 0 Å². The Labute approximate surface area is 56.5 Å². The van der Waals surface area contributed by atoms with Crippen LogP contribution in [0.5, 0.6) is 0 Å². The van der Waals surface area contributed by atoms with Gasteiger partial charge >= 0.3 is 0 Å². The summed E-state index contributed by atoms with van der Waals surface area (Å²) in [5.41, 5.74) is 1.27. The molecule has 8 heavy (non-hydrogen) atoms. The number of hydrogen-bond acceptors (Lipinski definition) is 0. The van der Waals surface area contributed by atoms with Crippen LogP contribution in [0, 0.1) is 5.92 Å². The van der Waals surface area contributed by atoms with Gasteiger partial charge in [0.1, 0.15) is 0 Å². The Hall–Kier alpha value is 0.0300. The molecular weight excluding hydrogens is 120 g/mol. The molecule has 0 aromatic heterocycles. The second-order valence-electron chi connectivity index (χ2n) is 2.39. The number of halogens is 1. The summed E-state index contributed by atoms with van der Waals surface area (Å²) in [7, 11) is 0. The molecule has 0 atom stereocenters. The van der Waals surface area contributed by atoms with Crippen LogP contribution in [-0.2, 0) is 0 Å². The van der Waals surface area contributed by atoms with Crippen molar-refractivity contribution in [3.8, 4) is 0 Å². The van der Waals surface area contributed by atoms with Gasteiger partial charge in [0, 0.05) is 5.88 Å². The van der Waals surface area contributed by atoms with Gasteiger partial charge in [-0.3, -0.25) is 0 Å². The minimum Gasteiger partial charge on any atom is -0.122 e. The topological polar surface area (TPSA) is 0 Å². The summed E-state index contributed by atoms with van der Waals surface area (Å²) >= 11 is 5.53. The summed E-state index contributed by atoms with van der Waals surface area (Å²) in [4.78, 5) is 0. The van der Waals surface area contributed by atoms with Crippen LogP contribution in [0.25, 0.3) is 0 Å². The number of alkyl halides is 1. The maximum atomic E-state index is 5.53. The normalized spacial score (nSPS) is 12.9. The van der Waals surface area contributed by atoms with Crippen LogP contribution in [-0.4, -0.2) is 5.88 Å². The van der Waals surface area contributed by atoms with E-state index >= 15 is 0 Å². The highest BCUT2D eigenvalue weighted by molar-refractivity contribution is 6.19. The average Bonchev–Trinajstić information content (AvgIpc) is 1.65. The van der Waals surface area contributed by atoms with Gasteiger partial charge in [0.05, 0.1) is 0 Å². The monoisotopic (exact) mass is 132 g/mol. The Kier molecular flexibility index (Phi) is 3.98. The summed E-state index contributed by atoms with van der Waals surface area (Å²) in [6.07, 6.45) is 2.17. The lowest BCUT2D eigenvalue weighted by molar-refractivity contribution is 0.822. The van der Waals surface area contributed by atoms with Crippen molar-refractivity contribution in [2.24, 2.45) is 5.92 Å². The lowest BCUT2D eigenvalue weighted by atomic mass is 10.1. The van der Waals surface area contributed by atoms with E-state index in [2.05, 4.69) is 19.9 Å². The molecular formula is C7H13Cl. The van der Waals surface area contributed by atoms with Crippen LogP contribution in [0.1, 0.15) is 20.8 Å². The van der Waals surface area contributed by atoms with Crippen molar-refractivity contribution in [1.29, 1.82) is 0 Å². The zero-order valence-electron chi connectivity index (χ0n) is 5.74. The van der Waals surface area contributed by atoms with Crippen molar-refractivity contribution in [2.75, 3.05) is 5.88 Å². The molecule has 48 valence electrons. The zero-order chi connectivity index (χ0) is 6.57. The highest BCUT2D eigenvalue weighted by atomic mass is 35.5. The SMILES string of the molecule is C/C(=C\C(C)C)CCl. The molecule has 0 aromatic carbocycles. The number of allylic oxidation sites excluding steroid dienone is 2. The van der Waals surface area contributed by atoms with Gasteiger partial charge < -0.3 is 0 Å². The second-order valence-corrected chi connectivity index (χ2v) is 2.66. The van der Waals surface area contributed by atoms with Crippen molar-refractivity contribution in [1.82, 2.24) is 0 Å². The van der Waals surface area contributed by atoms with Gasteiger partial charge in [-0.1, -0.05) is 25.5 Å². The quantitative estimate of drug-likeness (QED) is 0.401. The van der Waals surface area contributed by atoms with Gasteiger partial charge in [0.15, 0.2) is 0 Å². The van der Waals surface area contributed by atoms with Crippen molar-refractivity contribution >= 4 is 11.6 Å². The predicted octanol–water partition coefficient (Wildman–Crippen LogP) is 2.83. The summed E-state index contributed by atoms with van der Waals surface area (Å²) in [6.45, 7) is 6.35. The Morgan fingerprint density at radius 2 is 2.12 bits per heavy atom. The van der Waals surface area contributed by atoms with Crippen LogP contribution < -0.4 is 0 Å². The third-order valence-electron chi connectivity index (χ3n) is 0.829. The maximum Gasteiger partial charge on any atom is 0.0430 e. The molecule has 0 aliphatic carbocycles. The van der Waals surface area contributed by atoms with Crippen LogP contribution in [0.3, 0.4) is 0 Å². The molecule has 0 bridgehead atoms. The van der Waals surface area contributed by atoms with E-state index in [-0.39, 0.29) is 0 Å². The van der Waals surface area contributed by atoms with Gasteiger partial charge in [-0.15, -0.1) is 11.6 Å². The molecule has 0 unspecified atom stereocenters. The third kappa shape index (κ3) is 4.20. The Bertz CT molecular complexity index is 82.4. The number of hydrogen-bond donors (Lipinski definition) is 0. The van der Waals surface area contributed by atoms with Gasteiger partial charge in [-0.2, -0.15) is 0 Å². The first-order valence-electron chi connectivity index (χ1n) is 2.90. The fraction of sp³-hybridized carbons (Fsp3) is 0.714. The van der Waals surface area contributed by atoms with E-state index < -0.39 is 0 Å². The zero-order valence-corrected chi connectivity index (χ0v) is 6.50. The molecule has 0 amide bonds. The molecule has 0 N–H and O–H groups in total. The van der Waals surface area contributed by atoms with E-state index in [1.54, 1.807) is 0 Å². The smallest absolute Gasteiger partial charge is 0.0430 e. The van der Waals surface area contributed by atoms with Gasteiger partial charge in [-0.05, 0) is 12.8 Å². The van der Waals surface area contributed by atoms with Crippen LogP contribution in [0.4, 0.5) is 0 Å². The van der Waals surface area contributed by atoms with E-state index in [0.717, 1.165) is 0 Å². The third-order valence-corrected chi connectivity index (χ3v) is 1.25. The summed E-state index contributed by atoms with van der Waals surface area (Å²) in [5.74, 6) is 1.30. The fourth-order valence-electron chi connectivity index (χ4n) is 0.614. The van der Waals surface area contributed by atoms with E-state index in [4.69, 9.17) is 11.6 Å². The van der Waals surface area contributed by atoms with Crippen LogP contribution >= 0.6 is 11.6 Å². The minimum absolute atomic E-state index is 0.633. The van der Waals surface area contributed by atoms with Crippen LogP contribution in [0.2, 0.25) is 0 Å². The molecule has 0 heterocycles. The first kappa shape index (κ1) is 8.03. The molecule has 0 aromatic rings. The molecule has 0 saturated heterocycles. The van der Waals surface area contributed by atoms with E-state index in [1.165, 1.54) is 5.57 Å². The lowest BCUT2D eigenvalue weighted by Crippen LogP contribution is -1.83. The van der Waals surface area contributed by atoms with Crippen molar-refractivity contribution in [2.45, 2.75) is 20.8 Å². The van der Waals surface area contributed by atoms with Crippen molar-refractivity contribution in [3.63, 3.8) is 0 Å². The van der Waals surface area contributed by atoms with Gasteiger partial charge in [-0.25, -0.2) is 0 Å². The van der Waals surface area contributed by atoms with E-state index in [1.807, 2.05) is 6.92 Å². The summed E-state index contributed by atoms with van der Waals surface area (Å²) < 4.78 is 0. The fourth-order valence-corrected chi connectivity index (χ4v) is 0.703. The highest BCUT2D eigenvalue weighted by Crippen LogP contribution is 2.01. The number of rotatable bonds is 2. The molecule has 0 aliphatic heterocycles. The minimum atomic E-state index is 0.633. The molecule has 0 rings (SSSR count). The first-order chi connectivity index (χ1) is 3.66. The second kappa shape index (κ2) is 3.96. The molecule has 0 radical (unpaired) electrons. The average molecular weight is 133 g/mol. The van der Waals surface area contributed by atoms with Crippen molar-refractivity contribution < 1.29 is 0 Å². The molecule has 0 nitrogen and oxygen atoms in total. The highest BCUT2D eigenvalue weighted by Gasteiger charge is 1.87. The van der Waals surface area contributed by atoms with E-state index in [0.29, 0.717) is 11.8 Å². The Morgan fingerprint density at radius 3 is 2.25 bits per heavy atom. The molecule has 1 heteroatoms. The Balaban J connectivity index is 3.56. The maximum absolute atomic E-state index is 5.53. The van der Waals surface area contributed by atoms with Crippen LogP contribution in [0.15, 0.2) is 11.6 Å². The lowest BCUT2D eigenvalue weighted by Gasteiger charge is -1.96. The molecule has 0 saturated carbocycles. The van der Waals surface area contributed by atoms with E-state index in [9.17, 15) is 0 Å². The van der Waals surface area contributed by atoms with Crippen molar-refractivity contribution in [3.05, 3.63) is 11.6 Å². The largest absolute Gasteiger partial charge is 0.122 e. The molecule has 0 fully saturated rings. The van der Waals surface area contributed by atoms with Gasteiger partial charge in [0.2, 0.25) is 0 Å². The standard InChI is InChI=1S/C7H13Cl/c1-6(2)4-7(3)5-8/h4,6H,5H2,1-3H3/b7-4+. The molecule has 0 spiro atoms.